The number of imidazole rings is 1. The van der Waals surface area contributed by atoms with E-state index in [4.69, 9.17) is 4.98 Å². The highest BCUT2D eigenvalue weighted by atomic mass is 16.2. The smallest absolute Gasteiger partial charge is 0.246 e. The molecule has 1 aliphatic carbocycles. The fraction of sp³-hybridized carbons (Fsp3) is 0.478. The number of para-hydroxylation sites is 2. The van der Waals surface area contributed by atoms with Gasteiger partial charge in [-0.2, -0.15) is 10.2 Å². The number of hydrogen-bond acceptors (Lipinski definition) is 4. The van der Waals surface area contributed by atoms with Gasteiger partial charge < -0.3 is 4.98 Å². The van der Waals surface area contributed by atoms with Gasteiger partial charge in [0.05, 0.1) is 28.4 Å². The van der Waals surface area contributed by atoms with Crippen LogP contribution in [0.3, 0.4) is 0 Å². The minimum Gasteiger partial charge on any atom is -0.342 e. The van der Waals surface area contributed by atoms with Gasteiger partial charge in [-0.15, -0.1) is 0 Å². The summed E-state index contributed by atoms with van der Waals surface area (Å²) in [5.41, 5.74) is 6.82. The Hall–Kier alpha value is -2.96. The van der Waals surface area contributed by atoms with E-state index in [0.29, 0.717) is 0 Å². The predicted octanol–water partition coefficient (Wildman–Crippen LogP) is 3.97. The Kier molecular flexibility index (Phi) is 4.79. The van der Waals surface area contributed by atoms with Gasteiger partial charge in [0.1, 0.15) is 5.82 Å². The van der Waals surface area contributed by atoms with E-state index in [2.05, 4.69) is 34.5 Å². The maximum Gasteiger partial charge on any atom is 0.246 e. The number of benzene rings is 1. The van der Waals surface area contributed by atoms with Crippen molar-refractivity contribution in [1.82, 2.24) is 25.2 Å². The number of amides is 1. The molecule has 2 atom stereocenters. The Morgan fingerprint density at radius 3 is 2.70 bits per heavy atom. The maximum atomic E-state index is 13.2. The number of carbonyl (C=O) groups is 1. The average Bonchev–Trinajstić information content (AvgIpc) is 3.30. The van der Waals surface area contributed by atoms with E-state index in [1.807, 2.05) is 56.8 Å². The van der Waals surface area contributed by atoms with Crippen LogP contribution in [0.15, 0.2) is 29.4 Å². The second kappa shape index (κ2) is 7.07. The number of hydrazone groups is 1. The Bertz CT molecular complexity index is 1100. The molecule has 1 fully saturated rings. The van der Waals surface area contributed by atoms with Crippen LogP contribution in [0.2, 0.25) is 0 Å². The molecule has 0 spiro atoms. The van der Waals surface area contributed by atoms with Crippen LogP contribution in [-0.2, 0) is 11.8 Å². The number of hydrogen-bond donors (Lipinski definition) is 2. The van der Waals surface area contributed by atoms with Gasteiger partial charge in [-0.25, -0.2) is 10.4 Å². The number of carbonyl (C=O) groups excluding carboxylic acids is 1. The van der Waals surface area contributed by atoms with Crippen molar-refractivity contribution in [3.8, 4) is 0 Å². The topological polar surface area (TPSA) is 88.0 Å². The number of fused-ring (bicyclic) bond motifs is 1. The molecule has 1 aliphatic rings. The van der Waals surface area contributed by atoms with E-state index in [1.165, 1.54) is 0 Å². The summed E-state index contributed by atoms with van der Waals surface area (Å²) in [5.74, 6) is 1.08. The second-order valence-electron chi connectivity index (χ2n) is 9.19. The van der Waals surface area contributed by atoms with Crippen LogP contribution in [0.4, 0.5) is 0 Å². The summed E-state index contributed by atoms with van der Waals surface area (Å²) in [6.45, 7) is 10.3. The van der Waals surface area contributed by atoms with Gasteiger partial charge in [-0.05, 0) is 44.2 Å². The van der Waals surface area contributed by atoms with E-state index in [1.54, 1.807) is 6.21 Å². The lowest BCUT2D eigenvalue weighted by Gasteiger charge is -2.39. The molecule has 3 aromatic rings. The molecule has 30 heavy (non-hydrogen) atoms. The Morgan fingerprint density at radius 2 is 2.03 bits per heavy atom. The number of H-pyrrole nitrogens is 1. The van der Waals surface area contributed by atoms with Gasteiger partial charge in [0.15, 0.2) is 0 Å². The summed E-state index contributed by atoms with van der Waals surface area (Å²) in [7, 11) is 1.90. The summed E-state index contributed by atoms with van der Waals surface area (Å²) < 4.78 is 1.82. The van der Waals surface area contributed by atoms with Crippen molar-refractivity contribution in [3.05, 3.63) is 47.0 Å². The molecule has 0 radical (unpaired) electrons. The standard InChI is InChI=1S/C23H30N6O/c1-14-16(15(2)29(6)28-14)13-24-27-21(30)23(5)12-11-17(22(23,3)4)20-25-18-9-7-8-10-19(18)26-20/h7-10,13,17H,11-12H2,1-6H3,(H,25,26)(H,27,30)/b24-13-/t17-,23-/m1/s1. The van der Waals surface area contributed by atoms with Crippen LogP contribution in [-0.4, -0.2) is 31.9 Å². The summed E-state index contributed by atoms with van der Waals surface area (Å²) in [5, 5.41) is 8.65. The first-order valence-corrected chi connectivity index (χ1v) is 10.4. The Balaban J connectivity index is 1.54. The zero-order valence-electron chi connectivity index (χ0n) is 18.6. The van der Waals surface area contributed by atoms with Crippen molar-refractivity contribution in [3.63, 3.8) is 0 Å². The summed E-state index contributed by atoms with van der Waals surface area (Å²) in [6, 6.07) is 8.05. The van der Waals surface area contributed by atoms with E-state index < -0.39 is 5.41 Å². The molecule has 0 aliphatic heterocycles. The lowest BCUT2D eigenvalue weighted by Crippen LogP contribution is -2.45. The van der Waals surface area contributed by atoms with Crippen molar-refractivity contribution >= 4 is 23.2 Å². The highest BCUT2D eigenvalue weighted by molar-refractivity contribution is 5.87. The molecular weight excluding hydrogens is 376 g/mol. The van der Waals surface area contributed by atoms with Gasteiger partial charge >= 0.3 is 0 Å². The third kappa shape index (κ3) is 3.04. The van der Waals surface area contributed by atoms with E-state index in [9.17, 15) is 4.79 Å². The minimum atomic E-state index is -0.549. The highest BCUT2D eigenvalue weighted by Crippen LogP contribution is 2.59. The molecule has 1 amide bonds. The lowest BCUT2D eigenvalue weighted by molar-refractivity contribution is -0.135. The molecule has 7 nitrogen and oxygen atoms in total. The first-order chi connectivity index (χ1) is 14.1. The molecule has 2 N–H and O–H groups in total. The molecule has 0 bridgehead atoms. The Morgan fingerprint density at radius 1 is 1.30 bits per heavy atom. The van der Waals surface area contributed by atoms with E-state index in [-0.39, 0.29) is 17.2 Å². The number of nitrogens with one attached hydrogen (secondary N) is 2. The molecule has 4 rings (SSSR count). The Labute approximate surface area is 177 Å². The molecule has 1 aromatic carbocycles. The first kappa shape index (κ1) is 20.3. The van der Waals surface area contributed by atoms with Crippen LogP contribution >= 0.6 is 0 Å². The van der Waals surface area contributed by atoms with Gasteiger partial charge in [0.25, 0.3) is 0 Å². The van der Waals surface area contributed by atoms with Crippen LogP contribution < -0.4 is 5.43 Å². The number of rotatable bonds is 4. The largest absolute Gasteiger partial charge is 0.342 e. The van der Waals surface area contributed by atoms with Crippen molar-refractivity contribution in [2.45, 2.75) is 53.4 Å². The fourth-order valence-electron chi connectivity index (χ4n) is 4.78. The molecule has 7 heteroatoms. The second-order valence-corrected chi connectivity index (χ2v) is 9.19. The van der Waals surface area contributed by atoms with Gasteiger partial charge in [0.2, 0.25) is 5.91 Å². The van der Waals surface area contributed by atoms with E-state index >= 15 is 0 Å². The van der Waals surface area contributed by atoms with Crippen molar-refractivity contribution in [2.24, 2.45) is 23.0 Å². The average molecular weight is 407 g/mol. The number of aryl methyl sites for hydroxylation is 2. The van der Waals surface area contributed by atoms with E-state index in [0.717, 1.165) is 46.7 Å². The fourth-order valence-corrected chi connectivity index (χ4v) is 4.78. The quantitative estimate of drug-likeness (QED) is 0.507. The molecular formula is C23H30N6O. The lowest BCUT2D eigenvalue weighted by atomic mass is 9.65. The predicted molar refractivity (Wildman–Crippen MR) is 118 cm³/mol. The third-order valence-electron chi connectivity index (χ3n) is 7.39. The number of aromatic nitrogens is 4. The molecule has 0 saturated heterocycles. The highest BCUT2D eigenvalue weighted by Gasteiger charge is 2.57. The van der Waals surface area contributed by atoms with Gasteiger partial charge in [-0.3, -0.25) is 9.48 Å². The summed E-state index contributed by atoms with van der Waals surface area (Å²) >= 11 is 0. The monoisotopic (exact) mass is 406 g/mol. The normalized spacial score (nSPS) is 23.5. The molecule has 0 unspecified atom stereocenters. The molecule has 158 valence electrons. The zero-order valence-corrected chi connectivity index (χ0v) is 18.6. The minimum absolute atomic E-state index is 0.0541. The molecule has 1 saturated carbocycles. The number of nitrogens with zero attached hydrogens (tertiary/aromatic N) is 4. The summed E-state index contributed by atoms with van der Waals surface area (Å²) in [4.78, 5) is 21.5. The van der Waals surface area contributed by atoms with Crippen molar-refractivity contribution in [2.75, 3.05) is 0 Å². The van der Waals surface area contributed by atoms with Crippen LogP contribution in [0, 0.1) is 24.7 Å². The van der Waals surface area contributed by atoms with Crippen LogP contribution in [0.25, 0.3) is 11.0 Å². The first-order valence-electron chi connectivity index (χ1n) is 10.4. The SMILES string of the molecule is Cc1nn(C)c(C)c1/C=N\NC(=O)[C@@]1(C)CC[C@H](c2nc3ccccc3[nH]2)C1(C)C. The maximum absolute atomic E-state index is 13.2. The number of aromatic amines is 1. The zero-order chi connectivity index (χ0) is 21.7. The van der Waals surface area contributed by atoms with Crippen LogP contribution in [0.1, 0.15) is 62.3 Å². The van der Waals surface area contributed by atoms with Gasteiger partial charge in [-0.1, -0.05) is 32.9 Å². The molecule has 2 heterocycles. The van der Waals surface area contributed by atoms with Gasteiger partial charge in [0, 0.05) is 24.2 Å². The van der Waals surface area contributed by atoms with Crippen LogP contribution in [0.5, 0.6) is 0 Å². The van der Waals surface area contributed by atoms with Crippen molar-refractivity contribution < 1.29 is 4.79 Å². The molecule has 2 aromatic heterocycles. The van der Waals surface area contributed by atoms with Crippen molar-refractivity contribution in [1.29, 1.82) is 0 Å². The third-order valence-corrected chi connectivity index (χ3v) is 7.39. The summed E-state index contributed by atoms with van der Waals surface area (Å²) in [6.07, 6.45) is 3.38.